The maximum atomic E-state index is 7.53. The van der Waals surface area contributed by atoms with E-state index in [9.17, 15) is 0 Å². The zero-order chi connectivity index (χ0) is 13.3. The van der Waals surface area contributed by atoms with Gasteiger partial charge < -0.3 is 10.2 Å². The van der Waals surface area contributed by atoms with Gasteiger partial charge in [0.15, 0.2) is 0 Å². The average Bonchev–Trinajstić information content (AvgIpc) is 2.57. The van der Waals surface area contributed by atoms with Crippen LogP contribution in [0.1, 0.15) is 22.7 Å². The van der Waals surface area contributed by atoms with Crippen LogP contribution in [-0.2, 0) is 0 Å². The Balaban J connectivity index is 2.38. The van der Waals surface area contributed by atoms with E-state index in [0.29, 0.717) is 15.8 Å². The zero-order valence-electron chi connectivity index (χ0n) is 10.4. The molecular formula is C12H14N4OS. The molecule has 0 atom stereocenters. The number of nitrogen functional groups attached to an aromatic ring is 1. The Morgan fingerprint density at radius 3 is 2.56 bits per heavy atom. The van der Waals surface area contributed by atoms with Gasteiger partial charge in [-0.05, 0) is 44.7 Å². The number of pyridine rings is 1. The number of aromatic nitrogens is 2. The molecule has 0 aliphatic rings. The van der Waals surface area contributed by atoms with E-state index >= 15 is 0 Å². The van der Waals surface area contributed by atoms with Crippen LogP contribution in [0.5, 0.6) is 0 Å². The van der Waals surface area contributed by atoms with Crippen molar-refractivity contribution < 1.29 is 4.42 Å². The van der Waals surface area contributed by atoms with Gasteiger partial charge in [-0.1, -0.05) is 0 Å². The van der Waals surface area contributed by atoms with Crippen LogP contribution >= 0.6 is 11.8 Å². The van der Waals surface area contributed by atoms with Crippen LogP contribution in [0.15, 0.2) is 26.8 Å². The molecule has 0 aliphatic heterocycles. The number of oxazole rings is 1. The Bertz CT molecular complexity index is 587. The van der Waals surface area contributed by atoms with E-state index in [1.165, 1.54) is 11.8 Å². The lowest BCUT2D eigenvalue weighted by atomic mass is 10.2. The van der Waals surface area contributed by atoms with Crippen molar-refractivity contribution in [2.75, 3.05) is 0 Å². The summed E-state index contributed by atoms with van der Waals surface area (Å²) in [6, 6.07) is 3.61. The molecule has 0 spiro atoms. The second-order valence-electron chi connectivity index (χ2n) is 3.94. The Kier molecular flexibility index (Phi) is 3.38. The van der Waals surface area contributed by atoms with Crippen LogP contribution in [-0.4, -0.2) is 15.8 Å². The highest BCUT2D eigenvalue weighted by Crippen LogP contribution is 2.29. The van der Waals surface area contributed by atoms with Gasteiger partial charge in [-0.2, -0.15) is 0 Å². The van der Waals surface area contributed by atoms with Crippen LogP contribution in [0.2, 0.25) is 0 Å². The van der Waals surface area contributed by atoms with Crippen LogP contribution in [0.3, 0.4) is 0 Å². The summed E-state index contributed by atoms with van der Waals surface area (Å²) in [5.74, 6) is 0.777. The van der Waals surface area contributed by atoms with Crippen LogP contribution in [0.4, 0.5) is 0 Å². The van der Waals surface area contributed by atoms with Gasteiger partial charge in [-0.15, -0.1) is 0 Å². The van der Waals surface area contributed by atoms with Crippen molar-refractivity contribution in [2.45, 2.75) is 31.0 Å². The quantitative estimate of drug-likeness (QED) is 0.655. The number of nitrogens with two attached hydrogens (primary N) is 1. The van der Waals surface area contributed by atoms with Gasteiger partial charge in [0, 0.05) is 11.3 Å². The molecule has 0 fully saturated rings. The Labute approximate surface area is 109 Å². The molecule has 0 unspecified atom stereocenters. The van der Waals surface area contributed by atoms with Crippen molar-refractivity contribution in [1.82, 2.24) is 9.97 Å². The van der Waals surface area contributed by atoms with Crippen molar-refractivity contribution >= 4 is 17.6 Å². The summed E-state index contributed by atoms with van der Waals surface area (Å²) in [4.78, 5) is 8.65. The standard InChI is InChI=1S/C12H14N4OS/c1-6-4-5-9(10(13)14)11(15-6)18-12-16-7(2)8(3)17-12/h4-5H,1-3H3,(H3,13,14). The molecule has 6 heteroatoms. The summed E-state index contributed by atoms with van der Waals surface area (Å²) in [6.45, 7) is 5.64. The van der Waals surface area contributed by atoms with E-state index in [0.717, 1.165) is 17.1 Å². The predicted molar refractivity (Wildman–Crippen MR) is 70.1 cm³/mol. The van der Waals surface area contributed by atoms with Crippen molar-refractivity contribution in [3.63, 3.8) is 0 Å². The van der Waals surface area contributed by atoms with Gasteiger partial charge >= 0.3 is 0 Å². The predicted octanol–water partition coefficient (Wildman–Crippen LogP) is 2.43. The lowest BCUT2D eigenvalue weighted by Gasteiger charge is -2.05. The lowest BCUT2D eigenvalue weighted by molar-refractivity contribution is 0.431. The molecule has 94 valence electrons. The molecule has 2 rings (SSSR count). The minimum atomic E-state index is -0.00926. The molecule has 3 N–H and O–H groups in total. The highest BCUT2D eigenvalue weighted by atomic mass is 32.2. The largest absolute Gasteiger partial charge is 0.436 e. The molecule has 0 aliphatic carbocycles. The minimum absolute atomic E-state index is 0.00926. The fourth-order valence-electron chi connectivity index (χ4n) is 1.39. The summed E-state index contributed by atoms with van der Waals surface area (Å²) < 4.78 is 5.49. The number of hydrogen-bond acceptors (Lipinski definition) is 5. The lowest BCUT2D eigenvalue weighted by Crippen LogP contribution is -2.13. The normalized spacial score (nSPS) is 10.6. The Morgan fingerprint density at radius 2 is 2.00 bits per heavy atom. The number of nitrogens with zero attached hydrogens (tertiary/aromatic N) is 2. The van der Waals surface area contributed by atoms with E-state index in [4.69, 9.17) is 15.6 Å². The monoisotopic (exact) mass is 262 g/mol. The van der Waals surface area contributed by atoms with Crippen molar-refractivity contribution in [2.24, 2.45) is 5.73 Å². The summed E-state index contributed by atoms with van der Waals surface area (Å²) in [6.07, 6.45) is 0. The number of aryl methyl sites for hydroxylation is 3. The van der Waals surface area contributed by atoms with E-state index in [1.807, 2.05) is 26.8 Å². The second-order valence-corrected chi connectivity index (χ2v) is 4.88. The summed E-state index contributed by atoms with van der Waals surface area (Å²) >= 11 is 1.28. The van der Waals surface area contributed by atoms with Gasteiger partial charge in [0.2, 0.25) is 0 Å². The zero-order valence-corrected chi connectivity index (χ0v) is 11.3. The van der Waals surface area contributed by atoms with Gasteiger partial charge in [0.25, 0.3) is 5.22 Å². The third-order valence-corrected chi connectivity index (χ3v) is 3.34. The number of amidine groups is 1. The third-order valence-electron chi connectivity index (χ3n) is 2.48. The first-order valence-corrected chi connectivity index (χ1v) is 6.23. The molecule has 2 aromatic heterocycles. The van der Waals surface area contributed by atoms with E-state index in [1.54, 1.807) is 6.07 Å². The van der Waals surface area contributed by atoms with Crippen molar-refractivity contribution in [1.29, 1.82) is 5.41 Å². The van der Waals surface area contributed by atoms with Gasteiger partial charge in [0.05, 0.1) is 5.69 Å². The topological polar surface area (TPSA) is 88.8 Å². The molecule has 0 aromatic carbocycles. The Hall–Kier alpha value is -1.82. The summed E-state index contributed by atoms with van der Waals surface area (Å²) in [5.41, 5.74) is 7.85. The molecule has 18 heavy (non-hydrogen) atoms. The number of rotatable bonds is 3. The van der Waals surface area contributed by atoms with Gasteiger partial charge in [-0.25, -0.2) is 9.97 Å². The van der Waals surface area contributed by atoms with Gasteiger partial charge in [-0.3, -0.25) is 5.41 Å². The molecule has 0 saturated heterocycles. The van der Waals surface area contributed by atoms with Crippen LogP contribution in [0.25, 0.3) is 0 Å². The third kappa shape index (κ3) is 2.53. The molecule has 2 aromatic rings. The number of hydrogen-bond donors (Lipinski definition) is 2. The first-order valence-electron chi connectivity index (χ1n) is 5.41. The fraction of sp³-hybridized carbons (Fsp3) is 0.250. The van der Waals surface area contributed by atoms with E-state index in [-0.39, 0.29) is 5.84 Å². The molecule has 0 bridgehead atoms. The molecule has 0 amide bonds. The minimum Gasteiger partial charge on any atom is -0.436 e. The average molecular weight is 262 g/mol. The van der Waals surface area contributed by atoms with Crippen LogP contribution < -0.4 is 5.73 Å². The van der Waals surface area contributed by atoms with E-state index < -0.39 is 0 Å². The highest BCUT2D eigenvalue weighted by molar-refractivity contribution is 7.99. The van der Waals surface area contributed by atoms with E-state index in [2.05, 4.69) is 9.97 Å². The summed E-state index contributed by atoms with van der Waals surface area (Å²) in [7, 11) is 0. The molecule has 2 heterocycles. The molecular weight excluding hydrogens is 248 g/mol. The van der Waals surface area contributed by atoms with Gasteiger partial charge in [0.1, 0.15) is 16.6 Å². The fourth-order valence-corrected chi connectivity index (χ4v) is 2.38. The maximum Gasteiger partial charge on any atom is 0.262 e. The Morgan fingerprint density at radius 1 is 1.28 bits per heavy atom. The highest BCUT2D eigenvalue weighted by Gasteiger charge is 2.13. The van der Waals surface area contributed by atoms with Crippen molar-refractivity contribution in [3.8, 4) is 0 Å². The number of nitrogens with one attached hydrogen (secondary N) is 1. The molecule has 5 nitrogen and oxygen atoms in total. The first-order chi connectivity index (χ1) is 8.47. The maximum absolute atomic E-state index is 7.53. The SMILES string of the molecule is Cc1ccc(C(=N)N)c(Sc2nc(C)c(C)o2)n1. The summed E-state index contributed by atoms with van der Waals surface area (Å²) in [5, 5.41) is 8.69. The first kappa shape index (κ1) is 12.6. The molecule has 0 saturated carbocycles. The van der Waals surface area contributed by atoms with Crippen molar-refractivity contribution in [3.05, 3.63) is 34.8 Å². The van der Waals surface area contributed by atoms with Crippen LogP contribution in [0, 0.1) is 26.2 Å². The molecule has 0 radical (unpaired) electrons. The second kappa shape index (κ2) is 4.81. The smallest absolute Gasteiger partial charge is 0.262 e.